The van der Waals surface area contributed by atoms with Crippen molar-refractivity contribution in [3.63, 3.8) is 0 Å². The van der Waals surface area contributed by atoms with Gasteiger partial charge in [0, 0.05) is 19.1 Å². The molecule has 1 amide bonds. The van der Waals surface area contributed by atoms with Gasteiger partial charge in [0.25, 0.3) is 0 Å². The van der Waals surface area contributed by atoms with Crippen molar-refractivity contribution in [1.29, 1.82) is 0 Å². The molecule has 5 heteroatoms. The molecule has 4 nitrogen and oxygen atoms in total. The lowest BCUT2D eigenvalue weighted by Gasteiger charge is -2.03. The lowest BCUT2D eigenvalue weighted by Crippen LogP contribution is -2.14. The van der Waals surface area contributed by atoms with Crippen LogP contribution in [-0.2, 0) is 9.53 Å². The Labute approximate surface area is 93.4 Å². The minimum absolute atomic E-state index is 0.0101. The molecule has 0 saturated heterocycles. The maximum atomic E-state index is 11.4. The highest BCUT2D eigenvalue weighted by atomic mass is 32.2. The second-order valence-electron chi connectivity index (χ2n) is 2.84. The lowest BCUT2D eigenvalue weighted by molar-refractivity contribution is -0.113. The molecule has 0 radical (unpaired) electrons. The molecule has 1 rings (SSSR count). The van der Waals surface area contributed by atoms with E-state index in [1.54, 1.807) is 37.3 Å². The van der Waals surface area contributed by atoms with Crippen LogP contribution in [0.5, 0.6) is 0 Å². The van der Waals surface area contributed by atoms with Crippen LogP contribution in [0.25, 0.3) is 0 Å². The fraction of sp³-hybridized carbons (Fsp3) is 0.400. The highest BCUT2D eigenvalue weighted by Crippen LogP contribution is 2.05. The van der Waals surface area contributed by atoms with Crippen molar-refractivity contribution < 1.29 is 9.53 Å². The average molecular weight is 226 g/mol. The van der Waals surface area contributed by atoms with Crippen LogP contribution < -0.4 is 5.32 Å². The number of methoxy groups -OCH3 is 1. The first kappa shape index (κ1) is 12.0. The largest absolute Gasteiger partial charge is 0.384 e. The third kappa shape index (κ3) is 5.39. The fourth-order valence-electron chi connectivity index (χ4n) is 0.941. The molecule has 15 heavy (non-hydrogen) atoms. The number of hydrogen-bond acceptors (Lipinski definition) is 4. The number of rotatable bonds is 6. The molecule has 1 heterocycles. The third-order valence-corrected chi connectivity index (χ3v) is 2.53. The summed E-state index contributed by atoms with van der Waals surface area (Å²) in [5, 5.41) is 2.76. The predicted octanol–water partition coefficient (Wildman–Crippen LogP) is 1.40. The molecule has 0 aliphatic carbocycles. The highest BCUT2D eigenvalue weighted by Gasteiger charge is 2.01. The summed E-state index contributed by atoms with van der Waals surface area (Å²) in [5.41, 5.74) is 0.731. The summed E-state index contributed by atoms with van der Waals surface area (Å²) in [6.07, 6.45) is 3.29. The Morgan fingerprint density at radius 1 is 1.67 bits per heavy atom. The topological polar surface area (TPSA) is 51.2 Å². The Morgan fingerprint density at radius 3 is 3.20 bits per heavy atom. The Hall–Kier alpha value is -1.07. The monoisotopic (exact) mass is 226 g/mol. The molecule has 0 bridgehead atoms. The van der Waals surface area contributed by atoms with E-state index < -0.39 is 0 Å². The second-order valence-corrected chi connectivity index (χ2v) is 3.94. The van der Waals surface area contributed by atoms with Gasteiger partial charge in [-0.05, 0) is 12.1 Å². The highest BCUT2D eigenvalue weighted by molar-refractivity contribution is 7.99. The lowest BCUT2D eigenvalue weighted by atomic mass is 10.4. The van der Waals surface area contributed by atoms with Gasteiger partial charge in [0.05, 0.1) is 24.2 Å². The molecular formula is C10H14N2O2S. The number of aromatic nitrogens is 1. The fourth-order valence-corrected chi connectivity index (χ4v) is 1.63. The molecular weight excluding hydrogens is 212 g/mol. The molecule has 1 N–H and O–H groups in total. The van der Waals surface area contributed by atoms with E-state index >= 15 is 0 Å². The summed E-state index contributed by atoms with van der Waals surface area (Å²) in [5.74, 6) is 1.26. The number of amides is 1. The van der Waals surface area contributed by atoms with E-state index in [0.29, 0.717) is 12.4 Å². The van der Waals surface area contributed by atoms with Crippen LogP contribution in [0, 0.1) is 0 Å². The number of thioether (sulfide) groups is 1. The van der Waals surface area contributed by atoms with Crippen LogP contribution in [-0.4, -0.2) is 36.1 Å². The van der Waals surface area contributed by atoms with E-state index in [-0.39, 0.29) is 5.91 Å². The zero-order chi connectivity index (χ0) is 10.9. The number of pyridine rings is 1. The zero-order valence-electron chi connectivity index (χ0n) is 8.60. The number of nitrogens with zero attached hydrogens (tertiary/aromatic N) is 1. The van der Waals surface area contributed by atoms with Gasteiger partial charge in [0.1, 0.15) is 0 Å². The van der Waals surface area contributed by atoms with Crippen LogP contribution in [0.2, 0.25) is 0 Å². The van der Waals surface area contributed by atoms with Crippen molar-refractivity contribution in [2.45, 2.75) is 0 Å². The van der Waals surface area contributed by atoms with Gasteiger partial charge in [0.2, 0.25) is 5.91 Å². The third-order valence-electron chi connectivity index (χ3n) is 1.61. The van der Waals surface area contributed by atoms with E-state index in [4.69, 9.17) is 4.74 Å². The SMILES string of the molecule is COCCSCC(=O)Nc1cccnc1. The summed E-state index contributed by atoms with van der Waals surface area (Å²) in [6, 6.07) is 3.60. The first-order valence-corrected chi connectivity index (χ1v) is 5.75. The summed E-state index contributed by atoms with van der Waals surface area (Å²) < 4.78 is 4.88. The Balaban J connectivity index is 2.19. The van der Waals surface area contributed by atoms with Crippen LogP contribution in [0.4, 0.5) is 5.69 Å². The van der Waals surface area contributed by atoms with Gasteiger partial charge < -0.3 is 10.1 Å². The molecule has 0 atom stereocenters. The van der Waals surface area contributed by atoms with Gasteiger partial charge in [-0.1, -0.05) is 0 Å². The zero-order valence-corrected chi connectivity index (χ0v) is 9.42. The van der Waals surface area contributed by atoms with Crippen molar-refractivity contribution in [3.05, 3.63) is 24.5 Å². The van der Waals surface area contributed by atoms with Crippen LogP contribution >= 0.6 is 11.8 Å². The van der Waals surface area contributed by atoms with Crippen LogP contribution in [0.3, 0.4) is 0 Å². The molecule has 0 aliphatic rings. The normalized spacial score (nSPS) is 9.93. The Kier molecular flexibility index (Phi) is 5.80. The summed E-state index contributed by atoms with van der Waals surface area (Å²) in [7, 11) is 1.65. The van der Waals surface area contributed by atoms with Crippen molar-refractivity contribution >= 4 is 23.4 Å². The van der Waals surface area contributed by atoms with Gasteiger partial charge >= 0.3 is 0 Å². The molecule has 0 aliphatic heterocycles. The van der Waals surface area contributed by atoms with Gasteiger partial charge in [-0.25, -0.2) is 0 Å². The van der Waals surface area contributed by atoms with Crippen LogP contribution in [0.1, 0.15) is 0 Å². The Morgan fingerprint density at radius 2 is 2.53 bits per heavy atom. The molecule has 0 unspecified atom stereocenters. The molecule has 0 fully saturated rings. The van der Waals surface area contributed by atoms with Crippen molar-refractivity contribution in [2.24, 2.45) is 0 Å². The smallest absolute Gasteiger partial charge is 0.234 e. The van der Waals surface area contributed by atoms with Gasteiger partial charge in [-0.3, -0.25) is 9.78 Å². The first-order chi connectivity index (χ1) is 7.33. The molecule has 0 spiro atoms. The predicted molar refractivity (Wildman–Crippen MR) is 62.1 cm³/mol. The minimum atomic E-state index is -0.0101. The van der Waals surface area contributed by atoms with E-state index in [1.807, 2.05) is 6.07 Å². The number of carbonyl (C=O) groups is 1. The first-order valence-electron chi connectivity index (χ1n) is 4.59. The number of hydrogen-bond donors (Lipinski definition) is 1. The quantitative estimate of drug-likeness (QED) is 0.745. The molecule has 0 saturated carbocycles. The van der Waals surface area contributed by atoms with Crippen molar-refractivity contribution in [3.8, 4) is 0 Å². The van der Waals surface area contributed by atoms with E-state index in [2.05, 4.69) is 10.3 Å². The van der Waals surface area contributed by atoms with Crippen LogP contribution in [0.15, 0.2) is 24.5 Å². The van der Waals surface area contributed by atoms with E-state index in [1.165, 1.54) is 0 Å². The standard InChI is InChI=1S/C10H14N2O2S/c1-14-5-6-15-8-10(13)12-9-3-2-4-11-7-9/h2-4,7H,5-6,8H2,1H3,(H,12,13). The molecule has 1 aromatic heterocycles. The molecule has 82 valence electrons. The molecule has 1 aromatic rings. The number of carbonyl (C=O) groups excluding carboxylic acids is 1. The maximum absolute atomic E-state index is 11.4. The van der Waals surface area contributed by atoms with E-state index in [9.17, 15) is 4.79 Å². The van der Waals surface area contributed by atoms with Crippen molar-refractivity contribution in [1.82, 2.24) is 4.98 Å². The minimum Gasteiger partial charge on any atom is -0.384 e. The number of anilines is 1. The molecule has 0 aromatic carbocycles. The summed E-state index contributed by atoms with van der Waals surface area (Å²) in [6.45, 7) is 0.671. The van der Waals surface area contributed by atoms with Gasteiger partial charge in [0.15, 0.2) is 0 Å². The average Bonchev–Trinajstić information content (AvgIpc) is 2.26. The number of ether oxygens (including phenoxy) is 1. The second kappa shape index (κ2) is 7.25. The van der Waals surface area contributed by atoms with E-state index in [0.717, 1.165) is 11.4 Å². The summed E-state index contributed by atoms with van der Waals surface area (Å²) >= 11 is 1.55. The maximum Gasteiger partial charge on any atom is 0.234 e. The van der Waals surface area contributed by atoms with Gasteiger partial charge in [-0.15, -0.1) is 11.8 Å². The van der Waals surface area contributed by atoms with Gasteiger partial charge in [-0.2, -0.15) is 0 Å². The Bertz CT molecular complexity index is 293. The number of nitrogens with one attached hydrogen (secondary N) is 1. The van der Waals surface area contributed by atoms with Crippen molar-refractivity contribution in [2.75, 3.05) is 30.5 Å². The summed E-state index contributed by atoms with van der Waals surface area (Å²) in [4.78, 5) is 15.3.